The number of carbonyl (C=O) groups excluding carboxylic acids is 1. The highest BCUT2D eigenvalue weighted by molar-refractivity contribution is 7.17. The Hall–Kier alpha value is -2.67. The third-order valence-corrected chi connectivity index (χ3v) is 7.15. The first kappa shape index (κ1) is 19.3. The first-order valence-corrected chi connectivity index (χ1v) is 11.6. The van der Waals surface area contributed by atoms with Gasteiger partial charge in [0.25, 0.3) is 0 Å². The first-order valence-electron chi connectivity index (χ1n) is 10.7. The lowest BCUT2D eigenvalue weighted by atomic mass is 10.1. The molecule has 1 saturated heterocycles. The van der Waals surface area contributed by atoms with Crippen molar-refractivity contribution < 1.29 is 9.53 Å². The number of likely N-dealkylation sites (tertiary alicyclic amines) is 1. The quantitative estimate of drug-likeness (QED) is 0.633. The van der Waals surface area contributed by atoms with Gasteiger partial charge in [0, 0.05) is 18.9 Å². The van der Waals surface area contributed by atoms with Gasteiger partial charge < -0.3 is 15.0 Å². The number of benzene rings is 1. The molecule has 1 aliphatic heterocycles. The van der Waals surface area contributed by atoms with Crippen LogP contribution in [-0.2, 0) is 4.79 Å². The minimum absolute atomic E-state index is 0.0200. The van der Waals surface area contributed by atoms with Gasteiger partial charge in [-0.3, -0.25) is 4.79 Å². The number of aryl methyl sites for hydroxylation is 1. The van der Waals surface area contributed by atoms with Crippen molar-refractivity contribution >= 4 is 39.0 Å². The van der Waals surface area contributed by atoms with E-state index in [1.807, 2.05) is 29.2 Å². The van der Waals surface area contributed by atoms with Crippen molar-refractivity contribution in [3.8, 4) is 5.75 Å². The molecule has 1 aliphatic carbocycles. The molecule has 1 saturated carbocycles. The molecule has 2 aliphatic rings. The number of nitrogens with zero attached hydrogens (tertiary/aromatic N) is 3. The van der Waals surface area contributed by atoms with Gasteiger partial charge in [-0.15, -0.1) is 11.3 Å². The number of fused-ring (bicyclic) bond motifs is 1. The van der Waals surface area contributed by atoms with Crippen LogP contribution in [0, 0.1) is 12.8 Å². The van der Waals surface area contributed by atoms with E-state index in [0.717, 1.165) is 58.8 Å². The summed E-state index contributed by atoms with van der Waals surface area (Å²) in [7, 11) is 0. The topological polar surface area (TPSA) is 67.4 Å². The molecule has 2 fully saturated rings. The Balaban J connectivity index is 1.31. The largest absolute Gasteiger partial charge is 0.486 e. The number of amides is 1. The number of ether oxygens (including phenoxy) is 1. The van der Waals surface area contributed by atoms with Crippen LogP contribution in [0.25, 0.3) is 10.2 Å². The number of para-hydroxylation sites is 2. The van der Waals surface area contributed by atoms with Crippen molar-refractivity contribution in [2.75, 3.05) is 18.4 Å². The maximum atomic E-state index is 12.7. The normalized spacial score (nSPS) is 19.5. The summed E-state index contributed by atoms with van der Waals surface area (Å²) < 4.78 is 6.35. The summed E-state index contributed by atoms with van der Waals surface area (Å²) in [4.78, 5) is 24.5. The fourth-order valence-electron chi connectivity index (χ4n) is 4.55. The average Bonchev–Trinajstić information content (AvgIpc) is 3.51. The number of hydrogen-bond acceptors (Lipinski definition) is 6. The van der Waals surface area contributed by atoms with E-state index in [2.05, 4.69) is 27.6 Å². The second-order valence-electron chi connectivity index (χ2n) is 8.24. The van der Waals surface area contributed by atoms with E-state index in [1.165, 1.54) is 12.8 Å². The molecule has 0 radical (unpaired) electrons. The van der Waals surface area contributed by atoms with E-state index in [-0.39, 0.29) is 12.0 Å². The van der Waals surface area contributed by atoms with Gasteiger partial charge in [-0.05, 0) is 42.8 Å². The van der Waals surface area contributed by atoms with Crippen molar-refractivity contribution in [1.29, 1.82) is 0 Å². The molecular weight excluding hydrogens is 396 g/mol. The van der Waals surface area contributed by atoms with Gasteiger partial charge in [0.05, 0.1) is 17.6 Å². The number of hydrogen-bond donors (Lipinski definition) is 1. The number of rotatable bonds is 5. The minimum Gasteiger partial charge on any atom is -0.486 e. The smallest absolute Gasteiger partial charge is 0.225 e. The molecule has 1 unspecified atom stereocenters. The van der Waals surface area contributed by atoms with Crippen LogP contribution >= 0.6 is 11.3 Å². The van der Waals surface area contributed by atoms with E-state index in [0.29, 0.717) is 12.5 Å². The molecule has 5 rings (SSSR count). The van der Waals surface area contributed by atoms with Gasteiger partial charge in [0.1, 0.15) is 28.8 Å². The molecule has 0 bridgehead atoms. The van der Waals surface area contributed by atoms with Crippen molar-refractivity contribution in [3.63, 3.8) is 0 Å². The molecule has 0 spiro atoms. The van der Waals surface area contributed by atoms with Crippen molar-refractivity contribution in [1.82, 2.24) is 14.9 Å². The number of aromatic nitrogens is 2. The molecule has 3 heterocycles. The molecule has 156 valence electrons. The van der Waals surface area contributed by atoms with Crippen molar-refractivity contribution in [2.45, 2.75) is 45.1 Å². The zero-order chi connectivity index (χ0) is 20.5. The van der Waals surface area contributed by atoms with Crippen LogP contribution in [0.5, 0.6) is 5.75 Å². The Kier molecular flexibility index (Phi) is 5.29. The Morgan fingerprint density at radius 2 is 2.03 bits per heavy atom. The van der Waals surface area contributed by atoms with Crippen LogP contribution in [0.15, 0.2) is 36.0 Å². The third-order valence-electron chi connectivity index (χ3n) is 6.15. The second kappa shape index (κ2) is 8.22. The maximum absolute atomic E-state index is 12.7. The standard InChI is InChI=1S/C23H26N4O2S/c1-15-13-30-22-20(15)21(24-14-25-22)26-18-8-4-5-9-19(18)29-17-10-11-27(12-17)23(28)16-6-2-3-7-16/h4-5,8-9,13-14,16-17H,2-3,6-7,10-12H2,1H3,(H,24,25,26). The van der Waals surface area contributed by atoms with Crippen LogP contribution in [0.2, 0.25) is 0 Å². The predicted molar refractivity (Wildman–Crippen MR) is 119 cm³/mol. The predicted octanol–water partition coefficient (Wildman–Crippen LogP) is 4.91. The Morgan fingerprint density at radius 3 is 2.90 bits per heavy atom. The molecule has 30 heavy (non-hydrogen) atoms. The van der Waals surface area contributed by atoms with Crippen molar-refractivity contribution in [2.24, 2.45) is 5.92 Å². The zero-order valence-corrected chi connectivity index (χ0v) is 18.0. The lowest BCUT2D eigenvalue weighted by Crippen LogP contribution is -2.34. The minimum atomic E-state index is 0.0200. The first-order chi connectivity index (χ1) is 14.7. The van der Waals surface area contributed by atoms with Crippen LogP contribution in [0.1, 0.15) is 37.7 Å². The highest BCUT2D eigenvalue weighted by atomic mass is 32.1. The number of anilines is 2. The summed E-state index contributed by atoms with van der Waals surface area (Å²) in [6.07, 6.45) is 6.94. The van der Waals surface area contributed by atoms with Gasteiger partial charge in [0.15, 0.2) is 0 Å². The van der Waals surface area contributed by atoms with E-state index < -0.39 is 0 Å². The van der Waals surface area contributed by atoms with Crippen LogP contribution in [0.3, 0.4) is 0 Å². The molecule has 2 aromatic heterocycles. The van der Waals surface area contributed by atoms with Gasteiger partial charge in [-0.25, -0.2) is 9.97 Å². The van der Waals surface area contributed by atoms with Gasteiger partial charge in [-0.1, -0.05) is 25.0 Å². The second-order valence-corrected chi connectivity index (χ2v) is 9.09. The van der Waals surface area contributed by atoms with E-state index in [1.54, 1.807) is 17.7 Å². The molecule has 1 amide bonds. The highest BCUT2D eigenvalue weighted by Crippen LogP contribution is 2.34. The number of nitrogens with one attached hydrogen (secondary N) is 1. The molecule has 1 aromatic carbocycles. The fourth-order valence-corrected chi connectivity index (χ4v) is 5.44. The maximum Gasteiger partial charge on any atom is 0.225 e. The van der Waals surface area contributed by atoms with Crippen LogP contribution in [0.4, 0.5) is 11.5 Å². The van der Waals surface area contributed by atoms with E-state index in [4.69, 9.17) is 4.74 Å². The highest BCUT2D eigenvalue weighted by Gasteiger charge is 2.33. The Morgan fingerprint density at radius 1 is 1.20 bits per heavy atom. The molecule has 7 heteroatoms. The third kappa shape index (κ3) is 3.74. The fraction of sp³-hybridized carbons (Fsp3) is 0.435. The summed E-state index contributed by atoms with van der Waals surface area (Å²) in [5, 5.41) is 6.59. The van der Waals surface area contributed by atoms with Crippen LogP contribution < -0.4 is 10.1 Å². The summed E-state index contributed by atoms with van der Waals surface area (Å²) in [6.45, 7) is 3.53. The van der Waals surface area contributed by atoms with Crippen molar-refractivity contribution in [3.05, 3.63) is 41.5 Å². The number of carbonyl (C=O) groups is 1. The lowest BCUT2D eigenvalue weighted by molar-refractivity contribution is -0.134. The SMILES string of the molecule is Cc1csc2ncnc(Nc3ccccc3OC3CCN(C(=O)C4CCCC4)C3)c12. The molecular formula is C23H26N4O2S. The summed E-state index contributed by atoms with van der Waals surface area (Å²) in [5.41, 5.74) is 2.04. The average molecular weight is 423 g/mol. The Bertz CT molecular complexity index is 1060. The summed E-state index contributed by atoms with van der Waals surface area (Å²) >= 11 is 1.62. The molecule has 1 atom stereocenters. The van der Waals surface area contributed by atoms with Gasteiger partial charge >= 0.3 is 0 Å². The molecule has 6 nitrogen and oxygen atoms in total. The zero-order valence-electron chi connectivity index (χ0n) is 17.1. The van der Waals surface area contributed by atoms with Crippen LogP contribution in [-0.4, -0.2) is 40.0 Å². The summed E-state index contributed by atoms with van der Waals surface area (Å²) in [5.74, 6) is 2.13. The summed E-state index contributed by atoms with van der Waals surface area (Å²) in [6, 6.07) is 7.94. The van der Waals surface area contributed by atoms with Gasteiger partial charge in [-0.2, -0.15) is 0 Å². The molecule has 1 N–H and O–H groups in total. The monoisotopic (exact) mass is 422 g/mol. The van der Waals surface area contributed by atoms with E-state index in [9.17, 15) is 4.79 Å². The molecule has 3 aromatic rings. The number of thiophene rings is 1. The lowest BCUT2D eigenvalue weighted by Gasteiger charge is -2.21. The Labute approximate surface area is 180 Å². The van der Waals surface area contributed by atoms with Gasteiger partial charge in [0.2, 0.25) is 5.91 Å². The van der Waals surface area contributed by atoms with E-state index >= 15 is 0 Å².